The predicted octanol–water partition coefficient (Wildman–Crippen LogP) is 1.55. The Morgan fingerprint density at radius 2 is 2.22 bits per heavy atom. The summed E-state index contributed by atoms with van der Waals surface area (Å²) < 4.78 is 7.04. The van der Waals surface area contributed by atoms with E-state index in [0.29, 0.717) is 30.1 Å². The molecule has 3 rings (SSSR count). The van der Waals surface area contributed by atoms with Crippen molar-refractivity contribution in [3.63, 3.8) is 0 Å². The second-order valence-electron chi connectivity index (χ2n) is 5.85. The van der Waals surface area contributed by atoms with Crippen molar-refractivity contribution in [1.82, 2.24) is 14.7 Å². The number of aryl methyl sites for hydroxylation is 1. The van der Waals surface area contributed by atoms with Crippen LogP contribution in [-0.2, 0) is 7.05 Å². The van der Waals surface area contributed by atoms with Crippen LogP contribution in [0.1, 0.15) is 16.8 Å². The van der Waals surface area contributed by atoms with E-state index < -0.39 is 0 Å². The highest BCUT2D eigenvalue weighted by Crippen LogP contribution is 2.32. The van der Waals surface area contributed by atoms with Crippen LogP contribution in [0.25, 0.3) is 11.3 Å². The van der Waals surface area contributed by atoms with E-state index in [1.807, 2.05) is 24.3 Å². The van der Waals surface area contributed by atoms with Gasteiger partial charge in [-0.25, -0.2) is 0 Å². The van der Waals surface area contributed by atoms with Crippen LogP contribution in [0, 0.1) is 5.92 Å². The average molecular weight is 315 g/mol. The van der Waals surface area contributed by atoms with Gasteiger partial charge in [0.05, 0.1) is 12.7 Å². The summed E-state index contributed by atoms with van der Waals surface area (Å²) in [6, 6.07) is 7.55. The number of methoxy groups -OCH3 is 1. The van der Waals surface area contributed by atoms with Crippen LogP contribution in [0.5, 0.6) is 5.75 Å². The van der Waals surface area contributed by atoms with E-state index in [2.05, 4.69) is 5.10 Å². The van der Waals surface area contributed by atoms with E-state index in [4.69, 9.17) is 4.74 Å². The van der Waals surface area contributed by atoms with Crippen LogP contribution in [0.4, 0.5) is 0 Å². The number of hydrogen-bond acceptors (Lipinski definition) is 4. The molecule has 2 aromatic rings. The Bertz CT molecular complexity index is 711. The van der Waals surface area contributed by atoms with Gasteiger partial charge < -0.3 is 14.7 Å². The van der Waals surface area contributed by atoms with Crippen molar-refractivity contribution < 1.29 is 14.6 Å². The van der Waals surface area contributed by atoms with Crippen molar-refractivity contribution in [2.24, 2.45) is 13.0 Å². The summed E-state index contributed by atoms with van der Waals surface area (Å²) in [4.78, 5) is 14.7. The molecule has 1 aliphatic rings. The summed E-state index contributed by atoms with van der Waals surface area (Å²) in [5.41, 5.74) is 2.00. The van der Waals surface area contributed by atoms with E-state index in [-0.39, 0.29) is 18.4 Å². The van der Waals surface area contributed by atoms with Crippen LogP contribution in [-0.4, -0.2) is 52.5 Å². The number of benzene rings is 1. The monoisotopic (exact) mass is 315 g/mol. The molecule has 1 atom stereocenters. The summed E-state index contributed by atoms with van der Waals surface area (Å²) in [5, 5.41) is 13.7. The number of amides is 1. The minimum absolute atomic E-state index is 0.0463. The topological polar surface area (TPSA) is 67.6 Å². The third-order valence-electron chi connectivity index (χ3n) is 4.25. The van der Waals surface area contributed by atoms with Crippen LogP contribution in [0.15, 0.2) is 30.5 Å². The molecule has 0 aliphatic carbocycles. The third kappa shape index (κ3) is 2.94. The lowest BCUT2D eigenvalue weighted by molar-refractivity contribution is 0.0782. The molecule has 1 aliphatic heterocycles. The minimum Gasteiger partial charge on any atom is -0.496 e. The summed E-state index contributed by atoms with van der Waals surface area (Å²) >= 11 is 0. The first-order chi connectivity index (χ1) is 11.1. The first-order valence-electron chi connectivity index (χ1n) is 7.71. The standard InChI is InChI=1S/C17H21N3O3/c1-19-10-14(17(22)20-8-7-12(9-20)11-21)16(18-19)13-5-3-4-6-15(13)23-2/h3-6,10,12,21H,7-9,11H2,1-2H3. The van der Waals surface area contributed by atoms with Crippen LogP contribution in [0.2, 0.25) is 0 Å². The number of carbonyl (C=O) groups is 1. The number of para-hydroxylation sites is 1. The Hall–Kier alpha value is -2.34. The van der Waals surface area contributed by atoms with Gasteiger partial charge in [0.1, 0.15) is 11.4 Å². The number of hydrogen-bond donors (Lipinski definition) is 1. The van der Waals surface area contributed by atoms with Crippen molar-refractivity contribution in [2.75, 3.05) is 26.8 Å². The number of likely N-dealkylation sites (tertiary alicyclic amines) is 1. The van der Waals surface area contributed by atoms with Gasteiger partial charge >= 0.3 is 0 Å². The first-order valence-corrected chi connectivity index (χ1v) is 7.71. The zero-order valence-electron chi connectivity index (χ0n) is 13.4. The highest BCUT2D eigenvalue weighted by atomic mass is 16.5. The number of nitrogens with zero attached hydrogens (tertiary/aromatic N) is 3. The molecule has 1 unspecified atom stereocenters. The molecule has 6 nitrogen and oxygen atoms in total. The SMILES string of the molecule is COc1ccccc1-c1nn(C)cc1C(=O)N1CCC(CO)C1. The zero-order chi connectivity index (χ0) is 16.4. The maximum atomic E-state index is 12.9. The molecule has 0 saturated carbocycles. The maximum absolute atomic E-state index is 12.9. The molecule has 122 valence electrons. The van der Waals surface area contributed by atoms with E-state index >= 15 is 0 Å². The Kier molecular flexibility index (Phi) is 4.34. The molecular formula is C17H21N3O3. The smallest absolute Gasteiger partial charge is 0.257 e. The average Bonchev–Trinajstić information content (AvgIpc) is 3.20. The molecule has 2 heterocycles. The van der Waals surface area contributed by atoms with Gasteiger partial charge in [-0.2, -0.15) is 5.10 Å². The van der Waals surface area contributed by atoms with Crippen molar-refractivity contribution >= 4 is 5.91 Å². The molecule has 1 saturated heterocycles. The normalized spacial score (nSPS) is 17.5. The fourth-order valence-corrected chi connectivity index (χ4v) is 3.02. The van der Waals surface area contributed by atoms with Gasteiger partial charge in [0.2, 0.25) is 0 Å². The number of carbonyl (C=O) groups excluding carboxylic acids is 1. The summed E-state index contributed by atoms with van der Waals surface area (Å²) in [6.45, 7) is 1.39. The first kappa shape index (κ1) is 15.6. The molecule has 1 fully saturated rings. The molecular weight excluding hydrogens is 294 g/mol. The Morgan fingerprint density at radius 1 is 1.43 bits per heavy atom. The van der Waals surface area contributed by atoms with Crippen molar-refractivity contribution in [2.45, 2.75) is 6.42 Å². The number of rotatable bonds is 4. The molecule has 23 heavy (non-hydrogen) atoms. The second kappa shape index (κ2) is 6.42. The molecule has 0 bridgehead atoms. The van der Waals surface area contributed by atoms with Crippen LogP contribution < -0.4 is 4.74 Å². The van der Waals surface area contributed by atoms with E-state index in [1.54, 1.807) is 29.9 Å². The largest absolute Gasteiger partial charge is 0.496 e. The van der Waals surface area contributed by atoms with Gasteiger partial charge in [-0.3, -0.25) is 9.48 Å². The molecule has 1 amide bonds. The van der Waals surface area contributed by atoms with Gasteiger partial charge in [-0.1, -0.05) is 12.1 Å². The highest BCUT2D eigenvalue weighted by molar-refractivity contribution is 6.00. The molecule has 1 aromatic heterocycles. The summed E-state index contributed by atoms with van der Waals surface area (Å²) in [6.07, 6.45) is 2.59. The summed E-state index contributed by atoms with van der Waals surface area (Å²) in [5.74, 6) is 0.815. The molecule has 0 radical (unpaired) electrons. The van der Waals surface area contributed by atoms with E-state index in [1.165, 1.54) is 0 Å². The van der Waals surface area contributed by atoms with Gasteiger partial charge in [0, 0.05) is 44.4 Å². The van der Waals surface area contributed by atoms with E-state index in [0.717, 1.165) is 12.0 Å². The Balaban J connectivity index is 1.97. The van der Waals surface area contributed by atoms with Crippen molar-refractivity contribution in [3.05, 3.63) is 36.0 Å². The molecule has 6 heteroatoms. The fourth-order valence-electron chi connectivity index (χ4n) is 3.02. The Labute approximate surface area is 135 Å². The summed E-state index contributed by atoms with van der Waals surface area (Å²) in [7, 11) is 3.41. The number of aromatic nitrogens is 2. The van der Waals surface area contributed by atoms with Gasteiger partial charge in [0.25, 0.3) is 5.91 Å². The molecule has 0 spiro atoms. The molecule has 1 N–H and O–H groups in total. The zero-order valence-corrected chi connectivity index (χ0v) is 13.4. The van der Waals surface area contributed by atoms with Crippen LogP contribution >= 0.6 is 0 Å². The molecule has 1 aromatic carbocycles. The quantitative estimate of drug-likeness (QED) is 0.929. The van der Waals surface area contributed by atoms with Gasteiger partial charge in [-0.15, -0.1) is 0 Å². The van der Waals surface area contributed by atoms with Crippen LogP contribution in [0.3, 0.4) is 0 Å². The van der Waals surface area contributed by atoms with Gasteiger partial charge in [-0.05, 0) is 18.6 Å². The minimum atomic E-state index is -0.0463. The second-order valence-corrected chi connectivity index (χ2v) is 5.85. The highest BCUT2D eigenvalue weighted by Gasteiger charge is 2.29. The predicted molar refractivity (Wildman–Crippen MR) is 86.3 cm³/mol. The lowest BCUT2D eigenvalue weighted by atomic mass is 10.1. The number of aliphatic hydroxyl groups excluding tert-OH is 1. The third-order valence-corrected chi connectivity index (χ3v) is 4.25. The number of aliphatic hydroxyl groups is 1. The lowest BCUT2D eigenvalue weighted by Gasteiger charge is -2.16. The van der Waals surface area contributed by atoms with E-state index in [9.17, 15) is 9.90 Å². The maximum Gasteiger partial charge on any atom is 0.257 e. The van der Waals surface area contributed by atoms with Crippen molar-refractivity contribution in [3.8, 4) is 17.0 Å². The number of ether oxygens (including phenoxy) is 1. The van der Waals surface area contributed by atoms with Crippen molar-refractivity contribution in [1.29, 1.82) is 0 Å². The lowest BCUT2D eigenvalue weighted by Crippen LogP contribution is -2.29. The Morgan fingerprint density at radius 3 is 2.91 bits per heavy atom. The fraction of sp³-hybridized carbons (Fsp3) is 0.412. The van der Waals surface area contributed by atoms with Gasteiger partial charge in [0.15, 0.2) is 0 Å².